The summed E-state index contributed by atoms with van der Waals surface area (Å²) in [5.41, 5.74) is 2.61. The first kappa shape index (κ1) is 24.2. The third-order valence-corrected chi connectivity index (χ3v) is 5.55. The third kappa shape index (κ3) is 4.98. The molecule has 2 N–H and O–H groups in total. The lowest BCUT2D eigenvalue weighted by Gasteiger charge is -2.24. The van der Waals surface area contributed by atoms with Crippen LogP contribution in [0, 0.1) is 0 Å². The maximum Gasteiger partial charge on any atom is 0.204 e. The number of ether oxygens (including phenoxy) is 1. The van der Waals surface area contributed by atoms with E-state index in [2.05, 4.69) is 6.58 Å². The quantitative estimate of drug-likeness (QED) is 0.310. The second-order valence-corrected chi connectivity index (χ2v) is 9.32. The fourth-order valence-electron chi connectivity index (χ4n) is 3.59. The standard InChI is InChI=1S/C28H32O5/c1-8-28(6,7)33-21-13-14-22-24(19(21)12-10-17(4)5)27(31)25-23(32-22)15-20(29)18(26(25)30)11-9-16(2)3/h8-10,13-15,29-30H,1,11-12H2,2-7H3. The van der Waals surface area contributed by atoms with Crippen LogP contribution in [0.4, 0.5) is 0 Å². The minimum absolute atomic E-state index is 0.0519. The van der Waals surface area contributed by atoms with Crippen LogP contribution in [0.1, 0.15) is 52.7 Å². The molecule has 3 aromatic rings. The summed E-state index contributed by atoms with van der Waals surface area (Å²) in [6.07, 6.45) is 6.36. The first-order valence-electron chi connectivity index (χ1n) is 11.0. The van der Waals surface area contributed by atoms with Gasteiger partial charge in [-0.15, -0.1) is 0 Å². The van der Waals surface area contributed by atoms with E-state index in [-0.39, 0.29) is 27.9 Å². The summed E-state index contributed by atoms with van der Waals surface area (Å²) in [5, 5.41) is 21.9. The van der Waals surface area contributed by atoms with E-state index in [0.717, 1.165) is 11.1 Å². The van der Waals surface area contributed by atoms with Gasteiger partial charge in [0.05, 0.1) is 5.39 Å². The second kappa shape index (κ2) is 9.18. The third-order valence-electron chi connectivity index (χ3n) is 5.55. The summed E-state index contributed by atoms with van der Waals surface area (Å²) >= 11 is 0. The van der Waals surface area contributed by atoms with Crippen LogP contribution in [-0.2, 0) is 12.8 Å². The van der Waals surface area contributed by atoms with E-state index in [9.17, 15) is 15.0 Å². The van der Waals surface area contributed by atoms with Gasteiger partial charge >= 0.3 is 0 Å². The molecule has 0 atom stereocenters. The largest absolute Gasteiger partial charge is 0.507 e. The molecular formula is C28H32O5. The van der Waals surface area contributed by atoms with Gasteiger partial charge in [-0.3, -0.25) is 4.79 Å². The highest BCUT2D eigenvalue weighted by Gasteiger charge is 2.23. The van der Waals surface area contributed by atoms with Crippen molar-refractivity contribution >= 4 is 21.9 Å². The number of hydrogen-bond acceptors (Lipinski definition) is 5. The van der Waals surface area contributed by atoms with Gasteiger partial charge in [0.25, 0.3) is 0 Å². The lowest BCUT2D eigenvalue weighted by Crippen LogP contribution is -2.25. The Balaban J connectivity index is 2.40. The highest BCUT2D eigenvalue weighted by Crippen LogP contribution is 2.38. The van der Waals surface area contributed by atoms with Crippen molar-refractivity contribution in [1.82, 2.24) is 0 Å². The van der Waals surface area contributed by atoms with Gasteiger partial charge in [-0.05, 0) is 72.6 Å². The molecule has 5 heteroatoms. The van der Waals surface area contributed by atoms with Gasteiger partial charge < -0.3 is 19.4 Å². The number of phenols is 2. The number of aromatic hydroxyl groups is 2. The van der Waals surface area contributed by atoms with E-state index in [0.29, 0.717) is 40.7 Å². The first-order chi connectivity index (χ1) is 15.4. The number of rotatable bonds is 7. The Morgan fingerprint density at radius 2 is 1.61 bits per heavy atom. The molecule has 0 saturated carbocycles. The summed E-state index contributed by atoms with van der Waals surface area (Å²) in [6, 6.07) is 4.85. The second-order valence-electron chi connectivity index (χ2n) is 9.32. The number of benzene rings is 2. The lowest BCUT2D eigenvalue weighted by molar-refractivity contribution is 0.161. The summed E-state index contributed by atoms with van der Waals surface area (Å²) < 4.78 is 12.2. The summed E-state index contributed by atoms with van der Waals surface area (Å²) in [4.78, 5) is 13.7. The molecule has 0 aliphatic carbocycles. The molecule has 1 heterocycles. The fraction of sp³-hybridized carbons (Fsp3) is 0.321. The first-order valence-corrected chi connectivity index (χ1v) is 11.0. The summed E-state index contributed by atoms with van der Waals surface area (Å²) in [7, 11) is 0. The Hall–Kier alpha value is -3.47. The zero-order chi connectivity index (χ0) is 24.5. The Kier molecular flexibility index (Phi) is 6.73. The van der Waals surface area contributed by atoms with E-state index in [1.807, 2.05) is 53.7 Å². The fourth-order valence-corrected chi connectivity index (χ4v) is 3.59. The molecule has 33 heavy (non-hydrogen) atoms. The zero-order valence-electron chi connectivity index (χ0n) is 20.2. The Bertz CT molecular complexity index is 1340. The molecule has 0 fully saturated rings. The molecule has 2 aromatic carbocycles. The van der Waals surface area contributed by atoms with E-state index in [1.165, 1.54) is 6.07 Å². The topological polar surface area (TPSA) is 79.9 Å². The molecule has 0 aliphatic rings. The predicted octanol–water partition coefficient (Wildman–Crippen LogP) is 6.72. The molecule has 0 radical (unpaired) electrons. The summed E-state index contributed by atoms with van der Waals surface area (Å²) in [6.45, 7) is 15.4. The smallest absolute Gasteiger partial charge is 0.204 e. The minimum atomic E-state index is -0.643. The highest BCUT2D eigenvalue weighted by molar-refractivity contribution is 5.97. The molecule has 1 aromatic heterocycles. The van der Waals surface area contributed by atoms with E-state index >= 15 is 0 Å². The molecular weight excluding hydrogens is 416 g/mol. The van der Waals surface area contributed by atoms with E-state index < -0.39 is 5.60 Å². The molecule has 0 spiro atoms. The van der Waals surface area contributed by atoms with Crippen molar-refractivity contribution in [2.45, 2.75) is 60.0 Å². The minimum Gasteiger partial charge on any atom is -0.507 e. The zero-order valence-corrected chi connectivity index (χ0v) is 20.2. The lowest BCUT2D eigenvalue weighted by atomic mass is 9.98. The van der Waals surface area contributed by atoms with E-state index in [1.54, 1.807) is 18.2 Å². The molecule has 0 bridgehead atoms. The monoisotopic (exact) mass is 448 g/mol. The number of phenolic OH excluding ortho intramolecular Hbond substituents is 2. The van der Waals surface area contributed by atoms with E-state index in [4.69, 9.17) is 9.15 Å². The average Bonchev–Trinajstić information content (AvgIpc) is 2.72. The van der Waals surface area contributed by atoms with Crippen LogP contribution in [0.5, 0.6) is 17.2 Å². The number of hydrogen-bond donors (Lipinski definition) is 2. The van der Waals surface area contributed by atoms with Crippen molar-refractivity contribution in [3.05, 3.63) is 75.5 Å². The molecule has 0 unspecified atom stereocenters. The Morgan fingerprint density at radius 3 is 2.18 bits per heavy atom. The molecule has 0 saturated heterocycles. The van der Waals surface area contributed by atoms with Crippen LogP contribution in [0.15, 0.2) is 63.4 Å². The van der Waals surface area contributed by atoms with Gasteiger partial charge in [-0.2, -0.15) is 0 Å². The maximum atomic E-state index is 13.7. The van der Waals surface area contributed by atoms with Crippen molar-refractivity contribution in [2.24, 2.45) is 0 Å². The number of allylic oxidation sites excluding steroid dienone is 4. The van der Waals surface area contributed by atoms with Crippen molar-refractivity contribution in [1.29, 1.82) is 0 Å². The Labute approximate surface area is 194 Å². The van der Waals surface area contributed by atoms with Gasteiger partial charge in [-0.1, -0.05) is 29.9 Å². The average molecular weight is 449 g/mol. The van der Waals surface area contributed by atoms with Crippen LogP contribution < -0.4 is 10.2 Å². The molecule has 174 valence electrons. The van der Waals surface area contributed by atoms with Crippen molar-refractivity contribution in [3.63, 3.8) is 0 Å². The van der Waals surface area contributed by atoms with Gasteiger partial charge in [0.15, 0.2) is 0 Å². The summed E-state index contributed by atoms with van der Waals surface area (Å²) in [5.74, 6) is 0.182. The SMILES string of the molecule is C=CC(C)(C)Oc1ccc2oc3cc(O)c(CC=C(C)C)c(O)c3c(=O)c2c1CC=C(C)C. The molecule has 0 aliphatic heterocycles. The van der Waals surface area contributed by atoms with Crippen molar-refractivity contribution in [2.75, 3.05) is 0 Å². The van der Waals surface area contributed by atoms with Crippen LogP contribution in [0.2, 0.25) is 0 Å². The van der Waals surface area contributed by atoms with Gasteiger partial charge in [-0.25, -0.2) is 0 Å². The van der Waals surface area contributed by atoms with Crippen molar-refractivity contribution < 1.29 is 19.4 Å². The van der Waals surface area contributed by atoms with Gasteiger partial charge in [0.2, 0.25) is 5.43 Å². The molecule has 3 rings (SSSR count). The van der Waals surface area contributed by atoms with Crippen LogP contribution >= 0.6 is 0 Å². The van der Waals surface area contributed by atoms with Crippen LogP contribution in [0.3, 0.4) is 0 Å². The normalized spacial score (nSPS) is 11.5. The van der Waals surface area contributed by atoms with Crippen molar-refractivity contribution in [3.8, 4) is 17.2 Å². The Morgan fingerprint density at radius 1 is 1.00 bits per heavy atom. The van der Waals surface area contributed by atoms with Gasteiger partial charge in [0, 0.05) is 17.2 Å². The highest BCUT2D eigenvalue weighted by atomic mass is 16.5. The number of fused-ring (bicyclic) bond motifs is 2. The maximum absolute atomic E-state index is 13.7. The molecule has 5 nitrogen and oxygen atoms in total. The predicted molar refractivity (Wildman–Crippen MR) is 134 cm³/mol. The van der Waals surface area contributed by atoms with Crippen LogP contribution in [-0.4, -0.2) is 15.8 Å². The van der Waals surface area contributed by atoms with Gasteiger partial charge in [0.1, 0.15) is 39.4 Å². The molecule has 0 amide bonds. The van der Waals surface area contributed by atoms with Crippen LogP contribution in [0.25, 0.3) is 21.9 Å².